The second kappa shape index (κ2) is 11.0. The van der Waals surface area contributed by atoms with E-state index >= 15 is 0 Å². The van der Waals surface area contributed by atoms with Crippen molar-refractivity contribution in [2.24, 2.45) is 5.92 Å². The van der Waals surface area contributed by atoms with E-state index in [0.717, 1.165) is 49.2 Å². The average molecular weight is 486 g/mol. The van der Waals surface area contributed by atoms with Gasteiger partial charge in [0, 0.05) is 12.5 Å². The summed E-state index contributed by atoms with van der Waals surface area (Å²) in [7, 11) is 0. The second-order valence-corrected chi connectivity index (χ2v) is 9.70. The molecule has 3 aliphatic heterocycles. The van der Waals surface area contributed by atoms with Gasteiger partial charge >= 0.3 is 11.9 Å². The van der Waals surface area contributed by atoms with Gasteiger partial charge in [-0.3, -0.25) is 9.69 Å². The van der Waals surface area contributed by atoms with Gasteiger partial charge in [-0.05, 0) is 72.8 Å². The van der Waals surface area contributed by atoms with Crippen LogP contribution in [0.15, 0.2) is 78.9 Å². The number of carboxylic acid groups (broad SMARTS) is 1. The monoisotopic (exact) mass is 485 g/mol. The Morgan fingerprint density at radius 3 is 2.39 bits per heavy atom. The molecule has 2 bridgehead atoms. The van der Waals surface area contributed by atoms with Crippen LogP contribution in [0.2, 0.25) is 0 Å². The van der Waals surface area contributed by atoms with Crippen molar-refractivity contribution in [2.75, 3.05) is 19.6 Å². The first kappa shape index (κ1) is 24.1. The van der Waals surface area contributed by atoms with Gasteiger partial charge in [-0.25, -0.2) is 4.79 Å². The van der Waals surface area contributed by atoms with E-state index in [1.54, 1.807) is 18.2 Å². The molecule has 0 unspecified atom stereocenters. The van der Waals surface area contributed by atoms with Crippen LogP contribution >= 0.6 is 0 Å². The molecule has 0 radical (unpaired) electrons. The number of ether oxygens (including phenoxy) is 2. The maximum absolute atomic E-state index is 13.1. The summed E-state index contributed by atoms with van der Waals surface area (Å²) in [6.45, 7) is 3.32. The molecule has 0 saturated carbocycles. The first-order valence-electron chi connectivity index (χ1n) is 12.6. The molecule has 3 aromatic carbocycles. The van der Waals surface area contributed by atoms with Crippen molar-refractivity contribution < 1.29 is 24.2 Å². The largest absolute Gasteiger partial charge is 0.489 e. The van der Waals surface area contributed by atoms with Crippen molar-refractivity contribution in [3.05, 3.63) is 101 Å². The van der Waals surface area contributed by atoms with Crippen LogP contribution in [-0.4, -0.2) is 47.7 Å². The number of carbonyl (C=O) groups excluding carboxylic acids is 1. The molecule has 0 amide bonds. The molecule has 1 N–H and O–H groups in total. The Balaban J connectivity index is 1.30. The fourth-order valence-electron chi connectivity index (χ4n) is 5.32. The Morgan fingerprint density at radius 1 is 0.917 bits per heavy atom. The number of hydrogen-bond donors (Lipinski definition) is 1. The number of carbonyl (C=O) groups is 2. The minimum atomic E-state index is -0.963. The minimum absolute atomic E-state index is 0.00680. The third kappa shape index (κ3) is 5.77. The summed E-state index contributed by atoms with van der Waals surface area (Å²) in [6, 6.07) is 24.5. The van der Waals surface area contributed by atoms with Crippen LogP contribution in [0.5, 0.6) is 5.75 Å². The molecule has 3 heterocycles. The Labute approximate surface area is 211 Å². The molecule has 0 aromatic heterocycles. The summed E-state index contributed by atoms with van der Waals surface area (Å²) >= 11 is 0. The van der Waals surface area contributed by atoms with Crippen molar-refractivity contribution in [2.45, 2.75) is 37.9 Å². The lowest BCUT2D eigenvalue weighted by atomic mass is 9.85. The Kier molecular flexibility index (Phi) is 7.33. The van der Waals surface area contributed by atoms with E-state index < -0.39 is 5.97 Å². The normalized spacial score (nSPS) is 21.5. The van der Waals surface area contributed by atoms with Crippen molar-refractivity contribution in [1.29, 1.82) is 0 Å². The van der Waals surface area contributed by atoms with Gasteiger partial charge in [0.15, 0.2) is 0 Å². The highest BCUT2D eigenvalue weighted by Gasteiger charge is 2.36. The van der Waals surface area contributed by atoms with Crippen molar-refractivity contribution >= 4 is 11.9 Å². The molecular formula is C30H31NO5. The van der Waals surface area contributed by atoms with Gasteiger partial charge in [-0.15, -0.1) is 0 Å². The van der Waals surface area contributed by atoms with Crippen LogP contribution in [0.4, 0.5) is 0 Å². The number of hydrogen-bond acceptors (Lipinski definition) is 5. The fourth-order valence-corrected chi connectivity index (χ4v) is 5.32. The molecule has 186 valence electrons. The zero-order valence-electron chi connectivity index (χ0n) is 20.2. The molecule has 3 fully saturated rings. The second-order valence-electron chi connectivity index (χ2n) is 9.70. The number of esters is 1. The average Bonchev–Trinajstić information content (AvgIpc) is 2.92. The molecular weight excluding hydrogens is 454 g/mol. The van der Waals surface area contributed by atoms with Gasteiger partial charge in [0.25, 0.3) is 0 Å². The van der Waals surface area contributed by atoms with Gasteiger partial charge in [0.1, 0.15) is 18.5 Å². The number of fused-ring (bicyclic) bond motifs is 3. The van der Waals surface area contributed by atoms with Gasteiger partial charge in [0.2, 0.25) is 0 Å². The number of rotatable bonds is 9. The van der Waals surface area contributed by atoms with Gasteiger partial charge in [-0.1, -0.05) is 54.6 Å². The molecule has 0 aliphatic carbocycles. The molecule has 3 aliphatic rings. The highest BCUT2D eigenvalue weighted by atomic mass is 16.5. The molecule has 0 spiro atoms. The van der Waals surface area contributed by atoms with E-state index in [1.165, 1.54) is 0 Å². The van der Waals surface area contributed by atoms with E-state index in [4.69, 9.17) is 9.47 Å². The van der Waals surface area contributed by atoms with Crippen LogP contribution in [0, 0.1) is 5.92 Å². The van der Waals surface area contributed by atoms with Gasteiger partial charge in [0.05, 0.1) is 12.0 Å². The summed E-state index contributed by atoms with van der Waals surface area (Å²) in [6.07, 6.45) is 2.47. The zero-order valence-corrected chi connectivity index (χ0v) is 20.2. The standard InChI is InChI=1S/C30H31NO5/c32-29(36-28-19-31-14-12-23(28)13-15-31)18-27(22-7-2-1-3-8-22)24-9-5-11-26(17-24)35-20-21-6-4-10-25(16-21)30(33)34/h1-11,16-17,23,27-28H,12-15,18-20H2,(H,33,34)/t27-,28-/m0/s1. The van der Waals surface area contributed by atoms with Crippen LogP contribution in [0.25, 0.3) is 0 Å². The summed E-state index contributed by atoms with van der Waals surface area (Å²) in [5.41, 5.74) is 3.04. The highest BCUT2D eigenvalue weighted by Crippen LogP contribution is 2.33. The maximum Gasteiger partial charge on any atom is 0.335 e. The SMILES string of the molecule is O=C(C[C@@H](c1ccccc1)c1cccc(OCc2cccc(C(=O)O)c2)c1)O[C@H]1CN2CCC1CC2. The summed E-state index contributed by atoms with van der Waals surface area (Å²) in [5.74, 6) is -0.141. The number of nitrogens with zero attached hydrogens (tertiary/aromatic N) is 1. The van der Waals surface area contributed by atoms with Crippen LogP contribution in [0.1, 0.15) is 52.2 Å². The predicted octanol–water partition coefficient (Wildman–Crippen LogP) is 5.12. The van der Waals surface area contributed by atoms with Crippen molar-refractivity contribution in [3.63, 3.8) is 0 Å². The van der Waals surface area contributed by atoms with Gasteiger partial charge < -0.3 is 14.6 Å². The first-order valence-corrected chi connectivity index (χ1v) is 12.6. The summed E-state index contributed by atoms with van der Waals surface area (Å²) in [5, 5.41) is 9.23. The molecule has 6 nitrogen and oxygen atoms in total. The lowest BCUT2D eigenvalue weighted by Gasteiger charge is -2.44. The fraction of sp³-hybridized carbons (Fsp3) is 0.333. The molecule has 2 atom stereocenters. The molecule has 36 heavy (non-hydrogen) atoms. The molecule has 6 rings (SSSR count). The topological polar surface area (TPSA) is 76.1 Å². The molecule has 3 aromatic rings. The van der Waals surface area contributed by atoms with Crippen LogP contribution in [0.3, 0.4) is 0 Å². The third-order valence-corrected chi connectivity index (χ3v) is 7.29. The number of carboxylic acids is 1. The number of piperidine rings is 3. The highest BCUT2D eigenvalue weighted by molar-refractivity contribution is 5.87. The molecule has 3 saturated heterocycles. The van der Waals surface area contributed by atoms with E-state index in [0.29, 0.717) is 11.7 Å². The summed E-state index contributed by atoms with van der Waals surface area (Å²) in [4.78, 5) is 26.7. The van der Waals surface area contributed by atoms with E-state index in [1.807, 2.05) is 60.7 Å². The predicted molar refractivity (Wildman–Crippen MR) is 136 cm³/mol. The van der Waals surface area contributed by atoms with Crippen molar-refractivity contribution in [3.8, 4) is 5.75 Å². The Hall–Kier alpha value is -3.64. The zero-order chi connectivity index (χ0) is 24.9. The van der Waals surface area contributed by atoms with Crippen LogP contribution in [-0.2, 0) is 16.1 Å². The number of aromatic carboxylic acids is 1. The molecule has 6 heteroatoms. The van der Waals surface area contributed by atoms with Crippen molar-refractivity contribution in [1.82, 2.24) is 4.90 Å². The third-order valence-electron chi connectivity index (χ3n) is 7.29. The van der Waals surface area contributed by atoms with E-state index in [-0.39, 0.29) is 36.6 Å². The lowest BCUT2D eigenvalue weighted by molar-refractivity contribution is -0.159. The smallest absolute Gasteiger partial charge is 0.335 e. The summed E-state index contributed by atoms with van der Waals surface area (Å²) < 4.78 is 12.0. The van der Waals surface area contributed by atoms with E-state index in [9.17, 15) is 14.7 Å². The van der Waals surface area contributed by atoms with E-state index in [2.05, 4.69) is 4.90 Å². The maximum atomic E-state index is 13.1. The Bertz CT molecular complexity index is 1200. The lowest BCUT2D eigenvalue weighted by Crippen LogP contribution is -2.52. The minimum Gasteiger partial charge on any atom is -0.489 e. The van der Waals surface area contributed by atoms with Gasteiger partial charge in [-0.2, -0.15) is 0 Å². The van der Waals surface area contributed by atoms with Crippen LogP contribution < -0.4 is 4.74 Å². The quantitative estimate of drug-likeness (QED) is 0.424. The number of benzene rings is 3. The first-order chi connectivity index (χ1) is 17.5. The Morgan fingerprint density at radius 2 is 1.67 bits per heavy atom.